The first-order chi connectivity index (χ1) is 10.1. The van der Waals surface area contributed by atoms with Gasteiger partial charge in [-0.25, -0.2) is 0 Å². The number of carbonyl (C=O) groups is 1. The number of piperazine rings is 1. The van der Waals surface area contributed by atoms with Crippen molar-refractivity contribution in [2.75, 3.05) is 41.0 Å². The van der Waals surface area contributed by atoms with Gasteiger partial charge in [0.05, 0.1) is 26.9 Å². The van der Waals surface area contributed by atoms with Crippen molar-refractivity contribution < 1.29 is 19.0 Å². The largest absolute Gasteiger partial charge is 0.496 e. The Morgan fingerprint density at radius 3 is 2.33 bits per heavy atom. The summed E-state index contributed by atoms with van der Waals surface area (Å²) in [5, 5.41) is 3.32. The van der Waals surface area contributed by atoms with Gasteiger partial charge in [-0.3, -0.25) is 4.79 Å². The molecule has 1 aliphatic rings. The topological polar surface area (TPSA) is 60.0 Å². The number of amides is 1. The van der Waals surface area contributed by atoms with Gasteiger partial charge in [-0.1, -0.05) is 0 Å². The molecule has 0 saturated carbocycles. The summed E-state index contributed by atoms with van der Waals surface area (Å²) in [7, 11) is 4.64. The molecule has 0 spiro atoms. The normalized spacial score (nSPS) is 18.3. The fourth-order valence-corrected chi connectivity index (χ4v) is 2.48. The highest BCUT2D eigenvalue weighted by Crippen LogP contribution is 2.35. The molecule has 6 nitrogen and oxygen atoms in total. The number of benzene rings is 1. The molecule has 1 aromatic carbocycles. The van der Waals surface area contributed by atoms with E-state index in [1.807, 2.05) is 4.90 Å². The molecule has 116 valence electrons. The molecule has 1 aliphatic heterocycles. The Hall–Kier alpha value is -1.95. The van der Waals surface area contributed by atoms with Gasteiger partial charge in [0.2, 0.25) is 0 Å². The van der Waals surface area contributed by atoms with Crippen molar-refractivity contribution in [1.29, 1.82) is 0 Å². The molecule has 6 heteroatoms. The van der Waals surface area contributed by atoms with E-state index in [4.69, 9.17) is 14.2 Å². The van der Waals surface area contributed by atoms with Crippen LogP contribution in [0.3, 0.4) is 0 Å². The summed E-state index contributed by atoms with van der Waals surface area (Å²) in [6, 6.07) is 3.64. The Labute approximate surface area is 125 Å². The van der Waals surface area contributed by atoms with Gasteiger partial charge in [0.15, 0.2) is 11.5 Å². The summed E-state index contributed by atoms with van der Waals surface area (Å²) in [5.41, 5.74) is 0.490. The first-order valence-electron chi connectivity index (χ1n) is 6.93. The molecule has 0 bridgehead atoms. The molecule has 0 radical (unpaired) electrons. The van der Waals surface area contributed by atoms with Gasteiger partial charge >= 0.3 is 0 Å². The van der Waals surface area contributed by atoms with Crippen LogP contribution < -0.4 is 19.5 Å². The molecule has 1 saturated heterocycles. The quantitative estimate of drug-likeness (QED) is 0.902. The Kier molecular flexibility index (Phi) is 4.90. The standard InChI is InChI=1S/C15H22N2O4/c1-10-9-17(6-5-16-10)15(18)11-7-13(20-3)14(21-4)8-12(11)19-2/h7-8,10,16H,5-6,9H2,1-4H3/t10-/m0/s1. The van der Waals surface area contributed by atoms with E-state index >= 15 is 0 Å². The summed E-state index contributed by atoms with van der Waals surface area (Å²) in [4.78, 5) is 14.5. The zero-order valence-corrected chi connectivity index (χ0v) is 12.9. The molecular weight excluding hydrogens is 272 g/mol. The molecule has 1 heterocycles. The lowest BCUT2D eigenvalue weighted by atomic mass is 10.1. The van der Waals surface area contributed by atoms with Gasteiger partial charge in [0.25, 0.3) is 5.91 Å². The van der Waals surface area contributed by atoms with E-state index < -0.39 is 0 Å². The maximum atomic E-state index is 12.7. The van der Waals surface area contributed by atoms with Crippen LogP contribution in [0, 0.1) is 0 Å². The molecule has 21 heavy (non-hydrogen) atoms. The molecule has 1 atom stereocenters. The molecule has 1 fully saturated rings. The fraction of sp³-hybridized carbons (Fsp3) is 0.533. The summed E-state index contributed by atoms with van der Waals surface area (Å²) in [6.45, 7) is 4.21. The van der Waals surface area contributed by atoms with Crippen LogP contribution >= 0.6 is 0 Å². The van der Waals surface area contributed by atoms with Crippen molar-refractivity contribution in [3.05, 3.63) is 17.7 Å². The van der Waals surface area contributed by atoms with Crippen molar-refractivity contribution in [3.8, 4) is 17.2 Å². The zero-order valence-electron chi connectivity index (χ0n) is 12.9. The van der Waals surface area contributed by atoms with Crippen molar-refractivity contribution >= 4 is 5.91 Å². The minimum atomic E-state index is -0.0545. The molecule has 0 aliphatic carbocycles. The Morgan fingerprint density at radius 2 is 1.76 bits per heavy atom. The third-order valence-corrected chi connectivity index (χ3v) is 3.59. The summed E-state index contributed by atoms with van der Waals surface area (Å²) >= 11 is 0. The van der Waals surface area contributed by atoms with Gasteiger partial charge < -0.3 is 24.4 Å². The third-order valence-electron chi connectivity index (χ3n) is 3.59. The lowest BCUT2D eigenvalue weighted by Crippen LogP contribution is -2.51. The van der Waals surface area contributed by atoms with E-state index in [2.05, 4.69) is 12.2 Å². The maximum absolute atomic E-state index is 12.7. The van der Waals surface area contributed by atoms with Crippen LogP contribution in [-0.4, -0.2) is 57.8 Å². The first kappa shape index (κ1) is 15.4. The van der Waals surface area contributed by atoms with Crippen LogP contribution in [0.2, 0.25) is 0 Å². The Bertz CT molecular complexity index is 519. The van der Waals surface area contributed by atoms with Crippen LogP contribution in [0.1, 0.15) is 17.3 Å². The van der Waals surface area contributed by atoms with Crippen LogP contribution in [0.4, 0.5) is 0 Å². The smallest absolute Gasteiger partial charge is 0.257 e. The predicted octanol–water partition coefficient (Wildman–Crippen LogP) is 1.15. The molecule has 0 unspecified atom stereocenters. The lowest BCUT2D eigenvalue weighted by molar-refractivity contribution is 0.0705. The van der Waals surface area contributed by atoms with Crippen molar-refractivity contribution in [3.63, 3.8) is 0 Å². The minimum absolute atomic E-state index is 0.0545. The number of ether oxygens (including phenoxy) is 3. The molecule has 1 aromatic rings. The van der Waals surface area contributed by atoms with Crippen LogP contribution in [0.5, 0.6) is 17.2 Å². The van der Waals surface area contributed by atoms with E-state index in [1.54, 1.807) is 33.5 Å². The SMILES string of the molecule is COc1cc(OC)c(C(=O)N2CCN[C@@H](C)C2)cc1OC. The predicted molar refractivity (Wildman–Crippen MR) is 79.5 cm³/mol. The highest BCUT2D eigenvalue weighted by atomic mass is 16.5. The van der Waals surface area contributed by atoms with Crippen LogP contribution in [0.25, 0.3) is 0 Å². The van der Waals surface area contributed by atoms with Gasteiger partial charge in [0, 0.05) is 37.8 Å². The second-order valence-corrected chi connectivity index (χ2v) is 5.01. The van der Waals surface area contributed by atoms with E-state index in [0.29, 0.717) is 35.9 Å². The van der Waals surface area contributed by atoms with Crippen LogP contribution in [-0.2, 0) is 0 Å². The van der Waals surface area contributed by atoms with Crippen molar-refractivity contribution in [2.45, 2.75) is 13.0 Å². The molecular formula is C15H22N2O4. The van der Waals surface area contributed by atoms with Gasteiger partial charge in [-0.2, -0.15) is 0 Å². The molecule has 1 amide bonds. The Balaban J connectivity index is 2.34. The van der Waals surface area contributed by atoms with E-state index in [0.717, 1.165) is 6.54 Å². The number of hydrogen-bond donors (Lipinski definition) is 1. The average Bonchev–Trinajstić information content (AvgIpc) is 2.52. The minimum Gasteiger partial charge on any atom is -0.496 e. The number of nitrogens with one attached hydrogen (secondary N) is 1. The molecule has 1 N–H and O–H groups in total. The number of rotatable bonds is 4. The zero-order chi connectivity index (χ0) is 15.4. The lowest BCUT2D eigenvalue weighted by Gasteiger charge is -2.32. The van der Waals surface area contributed by atoms with Crippen molar-refractivity contribution in [1.82, 2.24) is 10.2 Å². The maximum Gasteiger partial charge on any atom is 0.257 e. The third kappa shape index (κ3) is 3.21. The summed E-state index contributed by atoms with van der Waals surface area (Å²) < 4.78 is 15.8. The number of nitrogens with zero attached hydrogens (tertiary/aromatic N) is 1. The molecule has 0 aromatic heterocycles. The summed E-state index contributed by atoms with van der Waals surface area (Å²) in [5.74, 6) is 1.49. The second kappa shape index (κ2) is 6.67. The second-order valence-electron chi connectivity index (χ2n) is 5.01. The van der Waals surface area contributed by atoms with Gasteiger partial charge in [-0.15, -0.1) is 0 Å². The average molecular weight is 294 g/mol. The number of methoxy groups -OCH3 is 3. The van der Waals surface area contributed by atoms with E-state index in [-0.39, 0.29) is 11.9 Å². The summed E-state index contributed by atoms with van der Waals surface area (Å²) in [6.07, 6.45) is 0. The number of carbonyl (C=O) groups excluding carboxylic acids is 1. The monoisotopic (exact) mass is 294 g/mol. The Morgan fingerprint density at radius 1 is 1.14 bits per heavy atom. The first-order valence-corrected chi connectivity index (χ1v) is 6.93. The van der Waals surface area contributed by atoms with Crippen molar-refractivity contribution in [2.24, 2.45) is 0 Å². The fourth-order valence-electron chi connectivity index (χ4n) is 2.48. The van der Waals surface area contributed by atoms with Gasteiger partial charge in [0.1, 0.15) is 5.75 Å². The van der Waals surface area contributed by atoms with E-state index in [1.165, 1.54) is 0 Å². The van der Waals surface area contributed by atoms with Crippen LogP contribution in [0.15, 0.2) is 12.1 Å². The molecule has 2 rings (SSSR count). The highest BCUT2D eigenvalue weighted by molar-refractivity contribution is 5.98. The highest BCUT2D eigenvalue weighted by Gasteiger charge is 2.25. The van der Waals surface area contributed by atoms with Gasteiger partial charge in [-0.05, 0) is 6.92 Å². The number of hydrogen-bond acceptors (Lipinski definition) is 5. The van der Waals surface area contributed by atoms with E-state index in [9.17, 15) is 4.79 Å².